The van der Waals surface area contributed by atoms with E-state index in [1.807, 2.05) is 0 Å². The summed E-state index contributed by atoms with van der Waals surface area (Å²) in [6, 6.07) is 56.8. The Morgan fingerprint density at radius 3 is 1.62 bits per heavy atom. The summed E-state index contributed by atoms with van der Waals surface area (Å²) < 4.78 is 5.62. The van der Waals surface area contributed by atoms with Gasteiger partial charge in [-0.3, -0.25) is 0 Å². The summed E-state index contributed by atoms with van der Waals surface area (Å²) in [5, 5.41) is 4.24. The topological polar surface area (TPSA) is 9.86 Å². The van der Waals surface area contributed by atoms with Gasteiger partial charge in [-0.2, -0.15) is 0 Å². The van der Waals surface area contributed by atoms with Gasteiger partial charge >= 0.3 is 0 Å². The van der Waals surface area contributed by atoms with Crippen LogP contribution in [0.3, 0.4) is 0 Å². The normalized spacial score (nSPS) is 16.7. The van der Waals surface area contributed by atoms with E-state index in [9.17, 15) is 0 Å². The van der Waals surface area contributed by atoms with Gasteiger partial charge in [0.05, 0.1) is 16.6 Å². The van der Waals surface area contributed by atoms with E-state index in [4.69, 9.17) is 0 Å². The molecule has 3 heteroatoms. The van der Waals surface area contributed by atoms with Crippen LogP contribution >= 0.6 is 0 Å². The summed E-state index contributed by atoms with van der Waals surface area (Å²) in [6.45, 7) is 33.8. The zero-order valence-electron chi connectivity index (χ0n) is 47.3. The van der Waals surface area contributed by atoms with Crippen molar-refractivity contribution in [3.63, 3.8) is 0 Å². The molecule has 0 radical (unpaired) electrons. The second kappa shape index (κ2) is 14.8. The van der Waals surface area contributed by atoms with E-state index in [1.165, 1.54) is 144 Å². The van der Waals surface area contributed by atoms with Gasteiger partial charge in [-0.05, 0) is 159 Å². The van der Waals surface area contributed by atoms with Crippen LogP contribution in [-0.4, -0.2) is 15.8 Å². The van der Waals surface area contributed by atoms with Gasteiger partial charge < -0.3 is 9.13 Å². The van der Waals surface area contributed by atoms with Crippen LogP contribution in [0.15, 0.2) is 140 Å². The predicted molar refractivity (Wildman–Crippen MR) is 325 cm³/mol. The molecule has 0 unspecified atom stereocenters. The van der Waals surface area contributed by atoms with Gasteiger partial charge in [0.15, 0.2) is 0 Å². The van der Waals surface area contributed by atoms with Crippen molar-refractivity contribution in [2.45, 2.75) is 149 Å². The van der Waals surface area contributed by atoms with Gasteiger partial charge in [-0.25, -0.2) is 0 Å². The Balaban J connectivity index is 1.20. The maximum Gasteiger partial charge on any atom is 0.252 e. The maximum atomic E-state index is 2.81. The standard InChI is InChI=1S/C73H71BN2/c1-40(2)44-35-50-51-36-45(41(3)4)38-57-66(51)76-65(50)56(37-44)73(52-21-17-15-19-48(52)49-20-16-18-22-53(49)73)54-31-32-59-63(67(54)76)74(57)58-39-55-62(72(13,14)34-33-71(55,11)12)61-60(42-23-27-46(28-24-42)69(5,6)7)64(75(59)68(58)61)43-25-29-47(30-26-43)70(8,9)10/h15-32,35-41H,33-34H2,1-14H3. The first-order chi connectivity index (χ1) is 36.1. The summed E-state index contributed by atoms with van der Waals surface area (Å²) in [4.78, 5) is 0. The average molecular weight is 987 g/mol. The van der Waals surface area contributed by atoms with Gasteiger partial charge in [-0.15, -0.1) is 0 Å². The van der Waals surface area contributed by atoms with E-state index in [0.717, 1.165) is 12.8 Å². The third kappa shape index (κ3) is 5.70. The highest BCUT2D eigenvalue weighted by molar-refractivity contribution is 7.00. The van der Waals surface area contributed by atoms with E-state index < -0.39 is 5.41 Å². The molecule has 2 nitrogen and oxygen atoms in total. The molecule has 0 fully saturated rings. The van der Waals surface area contributed by atoms with Crippen molar-refractivity contribution in [3.8, 4) is 44.9 Å². The molecule has 76 heavy (non-hydrogen) atoms. The Morgan fingerprint density at radius 1 is 0.487 bits per heavy atom. The third-order valence-electron chi connectivity index (χ3n) is 19.8. The van der Waals surface area contributed by atoms with E-state index in [0.29, 0.717) is 11.8 Å². The Kier molecular flexibility index (Phi) is 9.05. The lowest BCUT2D eigenvalue weighted by Gasteiger charge is -2.45. The molecule has 0 saturated carbocycles. The minimum Gasteiger partial charge on any atom is -0.310 e. The highest BCUT2D eigenvalue weighted by Crippen LogP contribution is 2.63. The molecular formula is C73H71BN2. The van der Waals surface area contributed by atoms with Gasteiger partial charge in [0.25, 0.3) is 6.71 Å². The highest BCUT2D eigenvalue weighted by Gasteiger charge is 2.55. The van der Waals surface area contributed by atoms with Gasteiger partial charge in [0.2, 0.25) is 0 Å². The molecular weight excluding hydrogens is 916 g/mol. The lowest BCUT2D eigenvalue weighted by atomic mass is 9.33. The Morgan fingerprint density at radius 2 is 1.03 bits per heavy atom. The number of aromatic nitrogens is 2. The van der Waals surface area contributed by atoms with Crippen molar-refractivity contribution in [2.75, 3.05) is 0 Å². The molecule has 0 amide bonds. The summed E-state index contributed by atoms with van der Waals surface area (Å²) in [5.41, 5.74) is 32.8. The van der Waals surface area contributed by atoms with E-state index in [1.54, 1.807) is 5.56 Å². The Labute approximate surface area is 451 Å². The van der Waals surface area contributed by atoms with Gasteiger partial charge in [0, 0.05) is 44.1 Å². The molecule has 0 saturated heterocycles. The number of rotatable bonds is 4. The molecule has 8 aromatic carbocycles. The van der Waals surface area contributed by atoms with Gasteiger partial charge in [0.1, 0.15) is 0 Å². The molecule has 15 rings (SSSR count). The molecule has 0 N–H and O–H groups in total. The second-order valence-corrected chi connectivity index (χ2v) is 27.9. The molecule has 376 valence electrons. The minimum absolute atomic E-state index is 0.00120. The van der Waals surface area contributed by atoms with Crippen LogP contribution in [0.2, 0.25) is 0 Å². The van der Waals surface area contributed by atoms with Crippen molar-refractivity contribution < 1.29 is 0 Å². The van der Waals surface area contributed by atoms with E-state index in [2.05, 4.69) is 246 Å². The van der Waals surface area contributed by atoms with Crippen molar-refractivity contribution in [2.24, 2.45) is 0 Å². The second-order valence-electron chi connectivity index (χ2n) is 27.9. The van der Waals surface area contributed by atoms with Crippen LogP contribution < -0.4 is 16.4 Å². The molecule has 3 aliphatic heterocycles. The zero-order valence-corrected chi connectivity index (χ0v) is 47.3. The fraction of sp³-hybridized carbons (Fsp3) is 0.315. The minimum atomic E-state index is -0.534. The van der Waals surface area contributed by atoms with Crippen LogP contribution in [0.5, 0.6) is 0 Å². The van der Waals surface area contributed by atoms with Crippen molar-refractivity contribution >= 4 is 55.8 Å². The number of hydrogen-bond donors (Lipinski definition) is 0. The van der Waals surface area contributed by atoms with Crippen LogP contribution in [0.1, 0.15) is 177 Å². The fourth-order valence-corrected chi connectivity index (χ4v) is 15.7. The van der Waals surface area contributed by atoms with Crippen LogP contribution in [0, 0.1) is 0 Å². The van der Waals surface area contributed by atoms with Crippen LogP contribution in [0.4, 0.5) is 0 Å². The van der Waals surface area contributed by atoms with Crippen molar-refractivity contribution in [1.82, 2.24) is 9.13 Å². The summed E-state index contributed by atoms with van der Waals surface area (Å²) in [7, 11) is 0. The largest absolute Gasteiger partial charge is 0.310 e. The first-order valence-corrected chi connectivity index (χ1v) is 28.6. The number of nitrogens with zero attached hydrogens (tertiary/aromatic N) is 2. The first-order valence-electron chi connectivity index (χ1n) is 28.6. The summed E-state index contributed by atoms with van der Waals surface area (Å²) in [5.74, 6) is 0.706. The van der Waals surface area contributed by atoms with Crippen molar-refractivity contribution in [1.29, 1.82) is 0 Å². The molecule has 10 aromatic rings. The summed E-state index contributed by atoms with van der Waals surface area (Å²) in [6.07, 6.45) is 2.29. The lowest BCUT2D eigenvalue weighted by molar-refractivity contribution is 0.335. The molecule has 2 aromatic heterocycles. The van der Waals surface area contributed by atoms with Crippen LogP contribution in [-0.2, 0) is 27.1 Å². The van der Waals surface area contributed by atoms with Gasteiger partial charge in [-0.1, -0.05) is 218 Å². The van der Waals surface area contributed by atoms with Crippen LogP contribution in [0.25, 0.3) is 77.6 Å². The molecule has 0 atom stereocenters. The van der Waals surface area contributed by atoms with Crippen molar-refractivity contribution in [3.05, 3.63) is 195 Å². The quantitative estimate of drug-likeness (QED) is 0.156. The molecule has 5 aliphatic rings. The van der Waals surface area contributed by atoms with E-state index in [-0.39, 0.29) is 28.4 Å². The first kappa shape index (κ1) is 46.5. The molecule has 2 aliphatic carbocycles. The maximum absolute atomic E-state index is 2.81. The highest BCUT2D eigenvalue weighted by atomic mass is 15.1. The zero-order chi connectivity index (χ0) is 52.7. The predicted octanol–water partition coefficient (Wildman–Crippen LogP) is 17.1. The summed E-state index contributed by atoms with van der Waals surface area (Å²) >= 11 is 0. The third-order valence-corrected chi connectivity index (χ3v) is 19.8. The smallest absolute Gasteiger partial charge is 0.252 e. The average Bonchev–Trinajstić information content (AvgIpc) is 4.02. The molecule has 5 heterocycles. The Hall–Kier alpha value is -6.84. The molecule has 0 bridgehead atoms. The Bertz CT molecular complexity index is 4180. The number of benzene rings is 8. The fourth-order valence-electron chi connectivity index (χ4n) is 15.7. The SMILES string of the molecule is CC(C)c1cc2c3c(c1)c1cc(C(C)C)cc4c1n3-c1c(ccc3c1B2c1cc2c(c5c(-c6ccc(C(C)(C)C)cc6)c(-c6ccc(C(C)(C)C)cc6)n-3c15)C(C)(C)CCC2(C)C)C41c2ccccc2-c2ccccc21. The number of fused-ring (bicyclic) bond motifs is 13. The molecule has 1 spiro atoms. The lowest BCUT2D eigenvalue weighted by Crippen LogP contribution is -2.61. The monoisotopic (exact) mass is 987 g/mol. The number of hydrogen-bond acceptors (Lipinski definition) is 0. The van der Waals surface area contributed by atoms with E-state index >= 15 is 0 Å².